The van der Waals surface area contributed by atoms with Gasteiger partial charge in [-0.25, -0.2) is 0 Å². The summed E-state index contributed by atoms with van der Waals surface area (Å²) < 4.78 is 5.33. The molecule has 3 atom stereocenters. The third kappa shape index (κ3) is 3.25. The van der Waals surface area contributed by atoms with Crippen molar-refractivity contribution in [1.82, 2.24) is 4.90 Å². The Bertz CT molecular complexity index is 144. The summed E-state index contributed by atoms with van der Waals surface area (Å²) in [6, 6.07) is 0.987. The van der Waals surface area contributed by atoms with Gasteiger partial charge < -0.3 is 9.84 Å². The van der Waals surface area contributed by atoms with E-state index in [1.807, 2.05) is 6.92 Å². The molecule has 0 amide bonds. The molecule has 1 fully saturated rings. The second-order valence-electron chi connectivity index (χ2n) is 4.12. The lowest BCUT2D eigenvalue weighted by molar-refractivity contribution is 0.0985. The maximum Gasteiger partial charge on any atom is 0.0622 e. The molecule has 0 bridgehead atoms. The number of hydrogen-bond acceptors (Lipinski definition) is 3. The lowest BCUT2D eigenvalue weighted by Crippen LogP contribution is -2.40. The van der Waals surface area contributed by atoms with Crippen molar-refractivity contribution in [1.29, 1.82) is 0 Å². The highest BCUT2D eigenvalue weighted by Gasteiger charge is 2.24. The summed E-state index contributed by atoms with van der Waals surface area (Å²) >= 11 is 0. The van der Waals surface area contributed by atoms with Crippen molar-refractivity contribution in [2.45, 2.75) is 44.9 Å². The molecule has 0 aromatic heterocycles. The van der Waals surface area contributed by atoms with Gasteiger partial charge in [-0.05, 0) is 33.7 Å². The highest BCUT2D eigenvalue weighted by atomic mass is 16.5. The van der Waals surface area contributed by atoms with Crippen LogP contribution in [0.2, 0.25) is 0 Å². The van der Waals surface area contributed by atoms with Crippen LogP contribution in [0.1, 0.15) is 26.7 Å². The van der Waals surface area contributed by atoms with E-state index in [2.05, 4.69) is 18.9 Å². The lowest BCUT2D eigenvalue weighted by atomic mass is 10.1. The molecule has 0 aromatic rings. The van der Waals surface area contributed by atoms with Crippen molar-refractivity contribution in [3.8, 4) is 0 Å². The number of rotatable bonds is 4. The minimum Gasteiger partial charge on any atom is -0.393 e. The molecule has 1 aliphatic rings. The van der Waals surface area contributed by atoms with Crippen LogP contribution < -0.4 is 0 Å². The Kier molecular flexibility index (Phi) is 4.16. The van der Waals surface area contributed by atoms with Gasteiger partial charge in [-0.1, -0.05) is 0 Å². The van der Waals surface area contributed by atoms with Crippen LogP contribution in [-0.4, -0.2) is 48.5 Å². The highest BCUT2D eigenvalue weighted by Crippen LogP contribution is 2.15. The number of ether oxygens (including phenoxy) is 1. The van der Waals surface area contributed by atoms with Gasteiger partial charge in [0.2, 0.25) is 0 Å². The van der Waals surface area contributed by atoms with Crippen LogP contribution in [0.15, 0.2) is 0 Å². The lowest BCUT2D eigenvalue weighted by Gasteiger charge is -2.30. The largest absolute Gasteiger partial charge is 0.393 e. The SMILES string of the molecule is CC(O)CC(C)N(C)C1CCOC1. The molecule has 3 heteroatoms. The predicted molar refractivity (Wildman–Crippen MR) is 52.7 cm³/mol. The Balaban J connectivity index is 2.31. The Labute approximate surface area is 80.7 Å². The molecule has 1 N–H and O–H groups in total. The number of hydrogen-bond donors (Lipinski definition) is 1. The average Bonchev–Trinajstić information content (AvgIpc) is 2.53. The van der Waals surface area contributed by atoms with Gasteiger partial charge in [-0.15, -0.1) is 0 Å². The first kappa shape index (κ1) is 11.0. The molecule has 0 aliphatic carbocycles. The van der Waals surface area contributed by atoms with Crippen LogP contribution in [-0.2, 0) is 4.74 Å². The van der Waals surface area contributed by atoms with Gasteiger partial charge in [0.25, 0.3) is 0 Å². The second-order valence-corrected chi connectivity index (χ2v) is 4.12. The van der Waals surface area contributed by atoms with E-state index >= 15 is 0 Å². The first-order valence-corrected chi connectivity index (χ1v) is 5.09. The smallest absolute Gasteiger partial charge is 0.0622 e. The average molecular weight is 187 g/mol. The zero-order valence-corrected chi connectivity index (χ0v) is 8.86. The van der Waals surface area contributed by atoms with Crippen LogP contribution in [0.4, 0.5) is 0 Å². The van der Waals surface area contributed by atoms with Gasteiger partial charge in [0.15, 0.2) is 0 Å². The van der Waals surface area contributed by atoms with E-state index in [4.69, 9.17) is 4.74 Å². The van der Waals surface area contributed by atoms with E-state index in [1.165, 1.54) is 0 Å². The van der Waals surface area contributed by atoms with Gasteiger partial charge >= 0.3 is 0 Å². The van der Waals surface area contributed by atoms with Gasteiger partial charge in [-0.2, -0.15) is 0 Å². The number of nitrogens with zero attached hydrogens (tertiary/aromatic N) is 1. The molecule has 0 radical (unpaired) electrons. The maximum atomic E-state index is 9.26. The highest BCUT2D eigenvalue weighted by molar-refractivity contribution is 4.77. The molecule has 78 valence electrons. The number of aliphatic hydroxyl groups excluding tert-OH is 1. The summed E-state index contributed by atoms with van der Waals surface area (Å²) in [6.45, 7) is 5.73. The van der Waals surface area contributed by atoms with Crippen molar-refractivity contribution in [2.24, 2.45) is 0 Å². The van der Waals surface area contributed by atoms with Crippen molar-refractivity contribution in [3.05, 3.63) is 0 Å². The zero-order valence-electron chi connectivity index (χ0n) is 8.86. The third-order valence-corrected chi connectivity index (χ3v) is 2.86. The summed E-state index contributed by atoms with van der Waals surface area (Å²) in [5.74, 6) is 0. The van der Waals surface area contributed by atoms with E-state index in [-0.39, 0.29) is 6.10 Å². The summed E-state index contributed by atoms with van der Waals surface area (Å²) in [7, 11) is 2.12. The van der Waals surface area contributed by atoms with E-state index in [0.29, 0.717) is 12.1 Å². The summed E-state index contributed by atoms with van der Waals surface area (Å²) in [5, 5.41) is 9.26. The Morgan fingerprint density at radius 1 is 1.54 bits per heavy atom. The van der Waals surface area contributed by atoms with Crippen molar-refractivity contribution < 1.29 is 9.84 Å². The fourth-order valence-electron chi connectivity index (χ4n) is 1.86. The molecule has 1 aliphatic heterocycles. The first-order valence-electron chi connectivity index (χ1n) is 5.09. The molecular weight excluding hydrogens is 166 g/mol. The Morgan fingerprint density at radius 2 is 2.23 bits per heavy atom. The van der Waals surface area contributed by atoms with Gasteiger partial charge in [0.1, 0.15) is 0 Å². The molecule has 0 saturated carbocycles. The Hall–Kier alpha value is -0.120. The zero-order chi connectivity index (χ0) is 9.84. The van der Waals surface area contributed by atoms with E-state index < -0.39 is 0 Å². The first-order chi connectivity index (χ1) is 6.11. The van der Waals surface area contributed by atoms with E-state index in [1.54, 1.807) is 0 Å². The maximum absolute atomic E-state index is 9.26. The summed E-state index contributed by atoms with van der Waals surface area (Å²) in [4.78, 5) is 2.32. The molecule has 1 saturated heterocycles. The molecule has 3 nitrogen and oxygen atoms in total. The summed E-state index contributed by atoms with van der Waals surface area (Å²) in [5.41, 5.74) is 0. The molecule has 0 spiro atoms. The van der Waals surface area contributed by atoms with Gasteiger partial charge in [0.05, 0.1) is 12.7 Å². The second kappa shape index (κ2) is 4.94. The van der Waals surface area contributed by atoms with Crippen LogP contribution in [0.25, 0.3) is 0 Å². The van der Waals surface area contributed by atoms with Gasteiger partial charge in [-0.3, -0.25) is 4.90 Å². The van der Waals surface area contributed by atoms with Crippen LogP contribution in [0, 0.1) is 0 Å². The number of likely N-dealkylation sites (N-methyl/N-ethyl adjacent to an activating group) is 1. The molecule has 0 aromatic carbocycles. The molecule has 1 rings (SSSR count). The molecule has 1 heterocycles. The monoisotopic (exact) mass is 187 g/mol. The van der Waals surface area contributed by atoms with Crippen molar-refractivity contribution in [3.63, 3.8) is 0 Å². The minimum atomic E-state index is -0.209. The molecule has 3 unspecified atom stereocenters. The minimum absolute atomic E-state index is 0.209. The molecule has 13 heavy (non-hydrogen) atoms. The summed E-state index contributed by atoms with van der Waals surface area (Å²) in [6.07, 6.45) is 1.76. The topological polar surface area (TPSA) is 32.7 Å². The third-order valence-electron chi connectivity index (χ3n) is 2.86. The van der Waals surface area contributed by atoms with E-state index in [0.717, 1.165) is 26.1 Å². The normalized spacial score (nSPS) is 27.9. The van der Waals surface area contributed by atoms with Crippen molar-refractivity contribution >= 4 is 0 Å². The standard InChI is InChI=1S/C10H21NO2/c1-8(6-9(2)12)11(3)10-4-5-13-7-10/h8-10,12H,4-7H2,1-3H3. The van der Waals surface area contributed by atoms with Crippen LogP contribution >= 0.6 is 0 Å². The van der Waals surface area contributed by atoms with E-state index in [9.17, 15) is 5.11 Å². The van der Waals surface area contributed by atoms with Crippen molar-refractivity contribution in [2.75, 3.05) is 20.3 Å². The van der Waals surface area contributed by atoms with Crippen LogP contribution in [0.3, 0.4) is 0 Å². The predicted octanol–water partition coefficient (Wildman–Crippen LogP) is 0.867. The van der Waals surface area contributed by atoms with Crippen LogP contribution in [0.5, 0.6) is 0 Å². The molecular formula is C10H21NO2. The van der Waals surface area contributed by atoms with Gasteiger partial charge in [0, 0.05) is 18.7 Å². The number of aliphatic hydroxyl groups is 1. The quantitative estimate of drug-likeness (QED) is 0.708. The fraction of sp³-hybridized carbons (Fsp3) is 1.00. The Morgan fingerprint density at radius 3 is 2.69 bits per heavy atom. The fourth-order valence-corrected chi connectivity index (χ4v) is 1.86.